The van der Waals surface area contributed by atoms with Crippen LogP contribution in [0.1, 0.15) is 10.4 Å². The highest BCUT2D eigenvalue weighted by Gasteiger charge is 2.05. The molecular formula is C16H16BrNO3S. The predicted octanol–water partition coefficient (Wildman–Crippen LogP) is 3.86. The van der Waals surface area contributed by atoms with Crippen molar-refractivity contribution in [3.8, 4) is 11.5 Å². The van der Waals surface area contributed by atoms with E-state index in [-0.39, 0.29) is 5.91 Å². The summed E-state index contributed by atoms with van der Waals surface area (Å²) < 4.78 is 11.5. The topological polar surface area (TPSA) is 47.6 Å². The van der Waals surface area contributed by atoms with E-state index in [9.17, 15) is 4.79 Å². The lowest BCUT2D eigenvalue weighted by molar-refractivity contribution is -0.116. The van der Waals surface area contributed by atoms with E-state index in [4.69, 9.17) is 9.47 Å². The van der Waals surface area contributed by atoms with Gasteiger partial charge in [-0.3, -0.25) is 4.79 Å². The van der Waals surface area contributed by atoms with Crippen LogP contribution in [-0.4, -0.2) is 20.1 Å². The molecule has 6 heteroatoms. The molecule has 1 heterocycles. The monoisotopic (exact) mass is 381 g/mol. The van der Waals surface area contributed by atoms with Crippen molar-refractivity contribution in [3.63, 3.8) is 0 Å². The average molecular weight is 382 g/mol. The molecule has 0 fully saturated rings. The molecule has 1 amide bonds. The standard InChI is InChI=1S/C16H16BrNO3S/c1-20-13-6-3-11(9-14(13)21-2)10-18-16(19)8-5-12-4-7-15(17)22-12/h3-9H,10H2,1-2H3,(H,18,19)/b8-5+. The molecule has 1 aromatic carbocycles. The van der Waals surface area contributed by atoms with Gasteiger partial charge in [0.05, 0.1) is 18.0 Å². The van der Waals surface area contributed by atoms with Crippen molar-refractivity contribution in [1.82, 2.24) is 5.32 Å². The van der Waals surface area contributed by atoms with Gasteiger partial charge in [0.2, 0.25) is 5.91 Å². The highest BCUT2D eigenvalue weighted by molar-refractivity contribution is 9.11. The zero-order valence-electron chi connectivity index (χ0n) is 12.3. The fraction of sp³-hybridized carbons (Fsp3) is 0.188. The Balaban J connectivity index is 1.92. The lowest BCUT2D eigenvalue weighted by atomic mass is 10.2. The molecule has 0 aliphatic rings. The molecule has 0 spiro atoms. The molecule has 0 bridgehead atoms. The molecular weight excluding hydrogens is 366 g/mol. The maximum absolute atomic E-state index is 11.8. The van der Waals surface area contributed by atoms with Crippen molar-refractivity contribution in [1.29, 1.82) is 0 Å². The van der Waals surface area contributed by atoms with Crippen molar-refractivity contribution in [2.45, 2.75) is 6.54 Å². The molecule has 0 aliphatic carbocycles. The van der Waals surface area contributed by atoms with Gasteiger partial charge in [-0.05, 0) is 51.8 Å². The van der Waals surface area contributed by atoms with Gasteiger partial charge < -0.3 is 14.8 Å². The molecule has 4 nitrogen and oxygen atoms in total. The number of hydrogen-bond donors (Lipinski definition) is 1. The largest absolute Gasteiger partial charge is 0.493 e. The Morgan fingerprint density at radius 2 is 2.00 bits per heavy atom. The quantitative estimate of drug-likeness (QED) is 0.772. The number of nitrogens with one attached hydrogen (secondary N) is 1. The van der Waals surface area contributed by atoms with E-state index in [2.05, 4.69) is 21.2 Å². The first-order valence-electron chi connectivity index (χ1n) is 6.54. The molecule has 116 valence electrons. The number of methoxy groups -OCH3 is 2. The molecule has 0 atom stereocenters. The van der Waals surface area contributed by atoms with E-state index in [0.29, 0.717) is 18.0 Å². The normalized spacial score (nSPS) is 10.7. The summed E-state index contributed by atoms with van der Waals surface area (Å²) in [6.07, 6.45) is 3.32. The Labute approximate surface area is 141 Å². The molecule has 1 N–H and O–H groups in total. The van der Waals surface area contributed by atoms with E-state index in [1.165, 1.54) is 6.08 Å². The summed E-state index contributed by atoms with van der Waals surface area (Å²) in [4.78, 5) is 12.8. The zero-order chi connectivity index (χ0) is 15.9. The first-order chi connectivity index (χ1) is 10.6. The van der Waals surface area contributed by atoms with Crippen molar-refractivity contribution in [2.24, 2.45) is 0 Å². The summed E-state index contributed by atoms with van der Waals surface area (Å²) in [5.41, 5.74) is 0.943. The second-order valence-electron chi connectivity index (χ2n) is 4.38. The summed E-state index contributed by atoms with van der Waals surface area (Å²) in [6, 6.07) is 9.46. The minimum Gasteiger partial charge on any atom is -0.493 e. The van der Waals surface area contributed by atoms with E-state index >= 15 is 0 Å². The number of carbonyl (C=O) groups excluding carboxylic acids is 1. The minimum atomic E-state index is -0.140. The summed E-state index contributed by atoms with van der Waals surface area (Å²) in [5.74, 6) is 1.17. The highest BCUT2D eigenvalue weighted by Crippen LogP contribution is 2.27. The molecule has 0 unspecified atom stereocenters. The van der Waals surface area contributed by atoms with Gasteiger partial charge in [-0.15, -0.1) is 11.3 Å². The molecule has 22 heavy (non-hydrogen) atoms. The average Bonchev–Trinajstić information content (AvgIpc) is 2.96. The van der Waals surface area contributed by atoms with Gasteiger partial charge in [0.25, 0.3) is 0 Å². The molecule has 0 saturated heterocycles. The maximum atomic E-state index is 11.8. The van der Waals surface area contributed by atoms with Gasteiger partial charge in [0.1, 0.15) is 0 Å². The second-order valence-corrected chi connectivity index (χ2v) is 6.88. The Bertz CT molecular complexity index is 682. The number of hydrogen-bond acceptors (Lipinski definition) is 4. The van der Waals surface area contributed by atoms with Gasteiger partial charge in [-0.25, -0.2) is 0 Å². The number of rotatable bonds is 6. The Kier molecular flexibility index (Phi) is 6.03. The van der Waals surface area contributed by atoms with Gasteiger partial charge in [0.15, 0.2) is 11.5 Å². The first kappa shape index (κ1) is 16.6. The second kappa shape index (κ2) is 8.00. The number of ether oxygens (including phenoxy) is 2. The fourth-order valence-electron chi connectivity index (χ4n) is 1.81. The Hall–Kier alpha value is -1.79. The van der Waals surface area contributed by atoms with E-state index in [1.54, 1.807) is 31.6 Å². The summed E-state index contributed by atoms with van der Waals surface area (Å²) in [6.45, 7) is 0.428. The van der Waals surface area contributed by atoms with Crippen molar-refractivity contribution < 1.29 is 14.3 Å². The first-order valence-corrected chi connectivity index (χ1v) is 8.15. The Morgan fingerprint density at radius 1 is 1.23 bits per heavy atom. The van der Waals surface area contributed by atoms with Crippen LogP contribution in [0.25, 0.3) is 6.08 Å². The third-order valence-corrected chi connectivity index (χ3v) is 4.50. The molecule has 2 aromatic rings. The van der Waals surface area contributed by atoms with Crippen LogP contribution in [0.4, 0.5) is 0 Å². The third-order valence-electron chi connectivity index (χ3n) is 2.91. The summed E-state index contributed by atoms with van der Waals surface area (Å²) >= 11 is 4.96. The van der Waals surface area contributed by atoms with Crippen LogP contribution < -0.4 is 14.8 Å². The highest BCUT2D eigenvalue weighted by atomic mass is 79.9. The van der Waals surface area contributed by atoms with Crippen LogP contribution in [-0.2, 0) is 11.3 Å². The number of halogens is 1. The maximum Gasteiger partial charge on any atom is 0.244 e. The number of amides is 1. The molecule has 2 rings (SSSR count). The number of carbonyl (C=O) groups is 1. The van der Waals surface area contributed by atoms with Crippen LogP contribution in [0.5, 0.6) is 11.5 Å². The number of thiophene rings is 1. The van der Waals surface area contributed by atoms with Crippen LogP contribution in [0.3, 0.4) is 0 Å². The number of benzene rings is 1. The molecule has 1 aromatic heterocycles. The van der Waals surface area contributed by atoms with Gasteiger partial charge >= 0.3 is 0 Å². The molecule has 0 radical (unpaired) electrons. The lowest BCUT2D eigenvalue weighted by Crippen LogP contribution is -2.20. The SMILES string of the molecule is COc1ccc(CNC(=O)/C=C/c2ccc(Br)s2)cc1OC. The zero-order valence-corrected chi connectivity index (χ0v) is 14.7. The molecule has 0 aliphatic heterocycles. The smallest absolute Gasteiger partial charge is 0.244 e. The fourth-order valence-corrected chi connectivity index (χ4v) is 3.14. The molecule has 0 saturated carbocycles. The van der Waals surface area contributed by atoms with Crippen LogP contribution in [0.15, 0.2) is 40.2 Å². The summed E-state index contributed by atoms with van der Waals surface area (Å²) in [5, 5.41) is 2.84. The predicted molar refractivity (Wildman–Crippen MR) is 92.4 cm³/mol. The van der Waals surface area contributed by atoms with Gasteiger partial charge in [-0.2, -0.15) is 0 Å². The van der Waals surface area contributed by atoms with Crippen molar-refractivity contribution >= 4 is 39.2 Å². The minimum absolute atomic E-state index is 0.140. The van der Waals surface area contributed by atoms with Crippen molar-refractivity contribution in [3.05, 3.63) is 50.6 Å². The Morgan fingerprint density at radius 3 is 2.64 bits per heavy atom. The van der Waals surface area contributed by atoms with Crippen LogP contribution >= 0.6 is 27.3 Å². The van der Waals surface area contributed by atoms with Crippen LogP contribution in [0, 0.1) is 0 Å². The van der Waals surface area contributed by atoms with Crippen LogP contribution in [0.2, 0.25) is 0 Å². The van der Waals surface area contributed by atoms with E-state index < -0.39 is 0 Å². The van der Waals surface area contributed by atoms with E-state index in [1.807, 2.05) is 30.3 Å². The van der Waals surface area contributed by atoms with Gasteiger partial charge in [0, 0.05) is 17.5 Å². The van der Waals surface area contributed by atoms with Crippen molar-refractivity contribution in [2.75, 3.05) is 14.2 Å². The van der Waals surface area contributed by atoms with E-state index in [0.717, 1.165) is 14.2 Å². The summed E-state index contributed by atoms with van der Waals surface area (Å²) in [7, 11) is 3.18. The third kappa shape index (κ3) is 4.61. The van der Waals surface area contributed by atoms with Gasteiger partial charge in [-0.1, -0.05) is 6.07 Å². The lowest BCUT2D eigenvalue weighted by Gasteiger charge is -2.09.